The fraction of sp³-hybridized carbons (Fsp3) is 0.385. The second-order valence-electron chi connectivity index (χ2n) is 8.94. The number of aliphatic hydroxyl groups is 2. The molecule has 0 saturated carbocycles. The number of aliphatic hydroxyl groups excluding tert-OH is 1. The highest BCUT2D eigenvalue weighted by atomic mass is 127. The van der Waals surface area contributed by atoms with Crippen molar-refractivity contribution in [2.75, 3.05) is 18.1 Å². The molecule has 8 heteroatoms. The summed E-state index contributed by atoms with van der Waals surface area (Å²) in [5.74, 6) is -0.926. The van der Waals surface area contributed by atoms with Crippen LogP contribution in [0.3, 0.4) is 0 Å². The number of hydrogen-bond donors (Lipinski definition) is 2. The maximum atomic E-state index is 13.6. The molecular formula is C26H28I2N2O4. The number of carbonyl (C=O) groups excluding carboxylic acids is 2. The number of halogens is 2. The molecule has 34 heavy (non-hydrogen) atoms. The van der Waals surface area contributed by atoms with Gasteiger partial charge in [-0.05, 0) is 93.9 Å². The van der Waals surface area contributed by atoms with E-state index in [1.54, 1.807) is 22.0 Å². The van der Waals surface area contributed by atoms with E-state index < -0.39 is 11.5 Å². The van der Waals surface area contributed by atoms with Crippen molar-refractivity contribution >= 4 is 62.7 Å². The predicted molar refractivity (Wildman–Crippen MR) is 148 cm³/mol. The largest absolute Gasteiger partial charge is 0.394 e. The number of carbonyl (C=O) groups is 2. The van der Waals surface area contributed by atoms with Gasteiger partial charge in [-0.15, -0.1) is 0 Å². The SMILES string of the molecule is C[C@H](/C=C/CC(=O)N1CCC[C@H]1CO)[C@@]1(O)C(=O)N(Cc2cccc(I)c2)c2ccc(I)cc21. The van der Waals surface area contributed by atoms with Crippen LogP contribution in [0.4, 0.5) is 5.69 Å². The second kappa shape index (κ2) is 10.6. The number of fused-ring (bicyclic) bond motifs is 1. The lowest BCUT2D eigenvalue weighted by molar-refractivity contribution is -0.139. The first kappa shape index (κ1) is 25.6. The van der Waals surface area contributed by atoms with Crippen LogP contribution in [0.5, 0.6) is 0 Å². The highest BCUT2D eigenvalue weighted by Gasteiger charge is 2.52. The Morgan fingerprint density at radius 2 is 2.00 bits per heavy atom. The van der Waals surface area contributed by atoms with Crippen LogP contribution < -0.4 is 4.90 Å². The Morgan fingerprint density at radius 1 is 1.24 bits per heavy atom. The molecule has 2 aromatic rings. The molecule has 180 valence electrons. The summed E-state index contributed by atoms with van der Waals surface area (Å²) in [6.45, 7) is 2.82. The Labute approximate surface area is 227 Å². The number of nitrogens with zero attached hydrogens (tertiary/aromatic N) is 2. The van der Waals surface area contributed by atoms with Gasteiger partial charge < -0.3 is 20.0 Å². The van der Waals surface area contributed by atoms with Crippen molar-refractivity contribution in [3.63, 3.8) is 0 Å². The first-order chi connectivity index (χ1) is 16.3. The minimum Gasteiger partial charge on any atom is -0.394 e. The van der Waals surface area contributed by atoms with Gasteiger partial charge in [0, 0.05) is 31.6 Å². The molecule has 2 amide bonds. The van der Waals surface area contributed by atoms with Crippen molar-refractivity contribution in [3.05, 3.63) is 72.9 Å². The molecule has 1 fully saturated rings. The van der Waals surface area contributed by atoms with Crippen LogP contribution in [0.25, 0.3) is 0 Å². The van der Waals surface area contributed by atoms with E-state index in [2.05, 4.69) is 45.2 Å². The Kier molecular flexibility index (Phi) is 8.00. The van der Waals surface area contributed by atoms with Gasteiger partial charge in [0.25, 0.3) is 5.91 Å². The molecule has 0 bridgehead atoms. The third-order valence-corrected chi connectivity index (χ3v) is 8.09. The molecule has 0 aromatic heterocycles. The first-order valence-corrected chi connectivity index (χ1v) is 13.6. The molecule has 0 spiro atoms. The van der Waals surface area contributed by atoms with Crippen LogP contribution in [0, 0.1) is 13.1 Å². The molecule has 0 radical (unpaired) electrons. The summed E-state index contributed by atoms with van der Waals surface area (Å²) in [5.41, 5.74) is 0.593. The lowest BCUT2D eigenvalue weighted by atomic mass is 9.83. The molecule has 2 aromatic carbocycles. The molecule has 3 atom stereocenters. The fourth-order valence-corrected chi connectivity index (χ4v) is 5.98. The van der Waals surface area contributed by atoms with E-state index >= 15 is 0 Å². The summed E-state index contributed by atoms with van der Waals surface area (Å²) >= 11 is 4.44. The lowest BCUT2D eigenvalue weighted by Crippen LogP contribution is -2.44. The van der Waals surface area contributed by atoms with Crippen molar-refractivity contribution in [1.82, 2.24) is 4.90 Å². The van der Waals surface area contributed by atoms with Crippen molar-refractivity contribution < 1.29 is 19.8 Å². The van der Waals surface area contributed by atoms with Crippen LogP contribution in [0.15, 0.2) is 54.6 Å². The van der Waals surface area contributed by atoms with E-state index in [1.165, 1.54) is 0 Å². The molecule has 4 rings (SSSR count). The van der Waals surface area contributed by atoms with Gasteiger partial charge in [0.1, 0.15) is 0 Å². The topological polar surface area (TPSA) is 81.1 Å². The molecule has 6 nitrogen and oxygen atoms in total. The molecule has 2 N–H and O–H groups in total. The minimum absolute atomic E-state index is 0.0220. The monoisotopic (exact) mass is 686 g/mol. The van der Waals surface area contributed by atoms with Gasteiger partial charge in [0.2, 0.25) is 5.91 Å². The third-order valence-electron chi connectivity index (χ3n) is 6.75. The van der Waals surface area contributed by atoms with Crippen molar-refractivity contribution in [1.29, 1.82) is 0 Å². The van der Waals surface area contributed by atoms with Gasteiger partial charge in [0.15, 0.2) is 5.60 Å². The van der Waals surface area contributed by atoms with Crippen LogP contribution in [0.2, 0.25) is 0 Å². The highest BCUT2D eigenvalue weighted by Crippen LogP contribution is 2.46. The zero-order valence-corrected chi connectivity index (χ0v) is 23.3. The standard InChI is InChI=1S/C26H28I2N2O4/c1-17(5-2-9-24(32)29-12-4-8-21(29)16-31)26(34)22-14-20(28)10-11-23(22)30(25(26)33)15-18-6-3-7-19(27)13-18/h2-3,5-7,10-11,13-14,17,21,31,34H,4,8-9,12,15-16H2,1H3/b5-2+/t17-,21+,26+/m1/s1. The number of rotatable bonds is 7. The van der Waals surface area contributed by atoms with E-state index in [4.69, 9.17) is 0 Å². The summed E-state index contributed by atoms with van der Waals surface area (Å²) < 4.78 is 2.02. The van der Waals surface area contributed by atoms with Gasteiger partial charge in [-0.3, -0.25) is 9.59 Å². The molecule has 0 unspecified atom stereocenters. The highest BCUT2D eigenvalue weighted by molar-refractivity contribution is 14.1. The molecule has 0 aliphatic carbocycles. The molecule has 2 heterocycles. The quantitative estimate of drug-likeness (QED) is 0.339. The van der Waals surface area contributed by atoms with Crippen LogP contribution in [0.1, 0.15) is 37.3 Å². The third kappa shape index (κ3) is 4.91. The summed E-state index contributed by atoms with van der Waals surface area (Å²) in [6, 6.07) is 13.6. The molecule has 1 saturated heterocycles. The fourth-order valence-electron chi connectivity index (χ4n) is 4.88. The van der Waals surface area contributed by atoms with Gasteiger partial charge in [-0.1, -0.05) is 31.2 Å². The zero-order chi connectivity index (χ0) is 24.5. The number of hydrogen-bond acceptors (Lipinski definition) is 4. The smallest absolute Gasteiger partial charge is 0.264 e. The van der Waals surface area contributed by atoms with E-state index in [0.717, 1.165) is 25.5 Å². The number of anilines is 1. The Bertz CT molecular complexity index is 1120. The predicted octanol–water partition coefficient (Wildman–Crippen LogP) is 4.20. The van der Waals surface area contributed by atoms with E-state index in [1.807, 2.05) is 49.4 Å². The number of likely N-dealkylation sites (tertiary alicyclic amines) is 1. The molecule has 2 aliphatic rings. The van der Waals surface area contributed by atoms with Crippen LogP contribution in [-0.2, 0) is 21.7 Å². The zero-order valence-electron chi connectivity index (χ0n) is 19.0. The molecular weight excluding hydrogens is 658 g/mol. The Hall–Kier alpha value is -1.50. The summed E-state index contributed by atoms with van der Waals surface area (Å²) in [4.78, 5) is 29.6. The lowest BCUT2D eigenvalue weighted by Gasteiger charge is -2.28. The van der Waals surface area contributed by atoms with Gasteiger partial charge in [-0.2, -0.15) is 0 Å². The van der Waals surface area contributed by atoms with Crippen molar-refractivity contribution in [2.45, 2.75) is 44.4 Å². The normalized spacial score (nSPS) is 23.1. The average Bonchev–Trinajstić information content (AvgIpc) is 3.37. The molecule has 2 aliphatic heterocycles. The van der Waals surface area contributed by atoms with E-state index in [-0.39, 0.29) is 30.9 Å². The van der Waals surface area contributed by atoms with Gasteiger partial charge >= 0.3 is 0 Å². The number of benzene rings is 2. The van der Waals surface area contributed by atoms with Crippen molar-refractivity contribution in [3.8, 4) is 0 Å². The van der Waals surface area contributed by atoms with Crippen molar-refractivity contribution in [2.24, 2.45) is 5.92 Å². The van der Waals surface area contributed by atoms with Gasteiger partial charge in [0.05, 0.1) is 24.9 Å². The summed E-state index contributed by atoms with van der Waals surface area (Å²) in [7, 11) is 0. The first-order valence-electron chi connectivity index (χ1n) is 11.4. The van der Waals surface area contributed by atoms with Gasteiger partial charge in [-0.25, -0.2) is 0 Å². The minimum atomic E-state index is -1.71. The summed E-state index contributed by atoms with van der Waals surface area (Å²) in [6.07, 6.45) is 5.40. The Morgan fingerprint density at radius 3 is 2.74 bits per heavy atom. The average molecular weight is 686 g/mol. The second-order valence-corrected chi connectivity index (χ2v) is 11.4. The van der Waals surface area contributed by atoms with Crippen LogP contribution >= 0.6 is 45.2 Å². The number of amides is 2. The maximum absolute atomic E-state index is 13.6. The summed E-state index contributed by atoms with van der Waals surface area (Å²) in [5, 5.41) is 21.3. The Balaban J connectivity index is 1.56. The van der Waals surface area contributed by atoms with E-state index in [9.17, 15) is 19.8 Å². The van der Waals surface area contributed by atoms with Crippen LogP contribution in [-0.4, -0.2) is 46.1 Å². The van der Waals surface area contributed by atoms with E-state index in [0.29, 0.717) is 24.3 Å². The maximum Gasteiger partial charge on any atom is 0.264 e.